The van der Waals surface area contributed by atoms with Crippen LogP contribution in [0.1, 0.15) is 42.3 Å². The molecule has 1 saturated heterocycles. The third-order valence-corrected chi connectivity index (χ3v) is 8.08. The first-order valence-corrected chi connectivity index (χ1v) is 11.5. The minimum absolute atomic E-state index is 0.125. The van der Waals surface area contributed by atoms with Crippen LogP contribution in [-0.2, 0) is 22.9 Å². The minimum Gasteiger partial charge on any atom is -0.324 e. The average Bonchev–Trinajstić information content (AvgIpc) is 3.31. The number of nitrogens with zero attached hydrogens (tertiary/aromatic N) is 3. The van der Waals surface area contributed by atoms with Crippen LogP contribution in [0.5, 0.6) is 0 Å². The number of benzene rings is 2. The average molecular weight is 396 g/mol. The van der Waals surface area contributed by atoms with Gasteiger partial charge < -0.3 is 4.57 Å². The highest BCUT2D eigenvalue weighted by Gasteiger charge is 2.34. The molecule has 0 bridgehead atoms. The van der Waals surface area contributed by atoms with Crippen molar-refractivity contribution in [2.75, 3.05) is 13.1 Å². The number of rotatable bonds is 3. The quantitative estimate of drug-likeness (QED) is 0.677. The molecule has 0 amide bonds. The fourth-order valence-corrected chi connectivity index (χ4v) is 6.33. The Kier molecular flexibility index (Phi) is 4.29. The Morgan fingerprint density at radius 3 is 2.68 bits per heavy atom. The van der Waals surface area contributed by atoms with E-state index in [0.717, 1.165) is 42.5 Å². The molecule has 1 atom stereocenters. The molecule has 5 nitrogen and oxygen atoms in total. The van der Waals surface area contributed by atoms with Crippen molar-refractivity contribution in [2.24, 2.45) is 0 Å². The predicted molar refractivity (Wildman–Crippen MR) is 110 cm³/mol. The van der Waals surface area contributed by atoms with E-state index in [4.69, 9.17) is 0 Å². The normalized spacial score (nSPS) is 20.5. The lowest BCUT2D eigenvalue weighted by molar-refractivity contribution is 0.452. The van der Waals surface area contributed by atoms with Gasteiger partial charge in [-0.05, 0) is 74.4 Å². The van der Waals surface area contributed by atoms with Gasteiger partial charge in [-0.3, -0.25) is 0 Å². The first-order chi connectivity index (χ1) is 13.5. The largest absolute Gasteiger partial charge is 0.324 e. The van der Waals surface area contributed by atoms with Crippen molar-refractivity contribution in [2.45, 2.75) is 50.0 Å². The molecule has 28 heavy (non-hydrogen) atoms. The minimum atomic E-state index is -3.46. The Labute approximate surface area is 166 Å². The molecule has 1 aromatic heterocycles. The van der Waals surface area contributed by atoms with Gasteiger partial charge in [0.2, 0.25) is 10.0 Å². The van der Waals surface area contributed by atoms with Crippen molar-refractivity contribution < 1.29 is 8.42 Å². The van der Waals surface area contributed by atoms with Crippen LogP contribution in [0, 0.1) is 6.92 Å². The van der Waals surface area contributed by atoms with E-state index in [1.807, 2.05) is 37.3 Å². The molecule has 0 radical (unpaired) electrons. The zero-order chi connectivity index (χ0) is 19.3. The van der Waals surface area contributed by atoms with Gasteiger partial charge in [-0.15, -0.1) is 0 Å². The topological polar surface area (TPSA) is 55.2 Å². The number of imidazole rings is 1. The molecule has 2 aliphatic rings. The standard InChI is InChI=1S/C22H25N3O2S/c1-16-23-21-8-4-5-9-22(21)25(16)19-12-13-24(15-19)28(26,27)20-11-10-17-6-2-3-7-18(17)14-20/h4-5,8-11,14,19H,2-3,6-7,12-13,15H2,1H3/t19-/m1/s1. The lowest BCUT2D eigenvalue weighted by atomic mass is 9.92. The molecular weight excluding hydrogens is 370 g/mol. The van der Waals surface area contributed by atoms with E-state index in [1.165, 1.54) is 17.5 Å². The Morgan fingerprint density at radius 1 is 1.04 bits per heavy atom. The Hall–Kier alpha value is -2.18. The van der Waals surface area contributed by atoms with Gasteiger partial charge in [0.15, 0.2) is 0 Å². The third kappa shape index (κ3) is 2.86. The Bertz CT molecular complexity index is 1150. The molecule has 1 aliphatic heterocycles. The van der Waals surface area contributed by atoms with Crippen LogP contribution in [0.15, 0.2) is 47.4 Å². The van der Waals surface area contributed by atoms with E-state index < -0.39 is 10.0 Å². The number of hydrogen-bond acceptors (Lipinski definition) is 3. The van der Waals surface area contributed by atoms with Crippen molar-refractivity contribution in [1.29, 1.82) is 0 Å². The molecule has 1 fully saturated rings. The second-order valence-electron chi connectivity index (χ2n) is 7.96. The number of fused-ring (bicyclic) bond motifs is 2. The maximum Gasteiger partial charge on any atom is 0.243 e. The molecule has 0 saturated carbocycles. The zero-order valence-electron chi connectivity index (χ0n) is 16.1. The van der Waals surface area contributed by atoms with Crippen LogP contribution >= 0.6 is 0 Å². The number of sulfonamides is 1. The molecule has 3 aromatic rings. The van der Waals surface area contributed by atoms with Gasteiger partial charge in [-0.25, -0.2) is 13.4 Å². The zero-order valence-corrected chi connectivity index (χ0v) is 17.0. The summed E-state index contributed by atoms with van der Waals surface area (Å²) in [5.41, 5.74) is 4.57. The van der Waals surface area contributed by atoms with Crippen molar-refractivity contribution in [3.05, 3.63) is 59.4 Å². The van der Waals surface area contributed by atoms with E-state index in [-0.39, 0.29) is 6.04 Å². The van der Waals surface area contributed by atoms with Gasteiger partial charge in [-0.2, -0.15) is 4.31 Å². The van der Waals surface area contributed by atoms with E-state index in [9.17, 15) is 8.42 Å². The highest BCUT2D eigenvalue weighted by molar-refractivity contribution is 7.89. The maximum atomic E-state index is 13.3. The Balaban J connectivity index is 1.44. The van der Waals surface area contributed by atoms with Crippen molar-refractivity contribution >= 4 is 21.1 Å². The summed E-state index contributed by atoms with van der Waals surface area (Å²) in [6.07, 6.45) is 5.21. The van der Waals surface area contributed by atoms with E-state index in [2.05, 4.69) is 15.6 Å². The number of para-hydroxylation sites is 2. The number of aromatic nitrogens is 2. The SMILES string of the molecule is Cc1nc2ccccc2n1[C@@H]1CCN(S(=O)(=O)c2ccc3c(c2)CCCC3)C1. The van der Waals surface area contributed by atoms with Gasteiger partial charge in [0, 0.05) is 13.1 Å². The molecule has 0 unspecified atom stereocenters. The van der Waals surface area contributed by atoms with Gasteiger partial charge in [0.05, 0.1) is 22.0 Å². The second-order valence-corrected chi connectivity index (χ2v) is 9.90. The second kappa shape index (κ2) is 6.71. The summed E-state index contributed by atoms with van der Waals surface area (Å²) in [5.74, 6) is 0.944. The molecule has 146 valence electrons. The maximum absolute atomic E-state index is 13.3. The van der Waals surface area contributed by atoms with Gasteiger partial charge in [0.25, 0.3) is 0 Å². The molecule has 6 heteroatoms. The van der Waals surface area contributed by atoms with Crippen LogP contribution in [0.4, 0.5) is 0 Å². The summed E-state index contributed by atoms with van der Waals surface area (Å²) in [5, 5.41) is 0. The van der Waals surface area contributed by atoms with Crippen LogP contribution in [0.3, 0.4) is 0 Å². The van der Waals surface area contributed by atoms with Crippen molar-refractivity contribution in [1.82, 2.24) is 13.9 Å². The van der Waals surface area contributed by atoms with Crippen molar-refractivity contribution in [3.8, 4) is 0 Å². The molecule has 2 heterocycles. The lowest BCUT2D eigenvalue weighted by Crippen LogP contribution is -2.29. The van der Waals surface area contributed by atoms with Crippen LogP contribution < -0.4 is 0 Å². The molecule has 1 aliphatic carbocycles. The highest BCUT2D eigenvalue weighted by Crippen LogP contribution is 2.32. The number of hydrogen-bond donors (Lipinski definition) is 0. The predicted octanol–water partition coefficient (Wildman–Crippen LogP) is 3.86. The monoisotopic (exact) mass is 395 g/mol. The molecule has 0 spiro atoms. The fourth-order valence-electron chi connectivity index (χ4n) is 4.78. The first-order valence-electron chi connectivity index (χ1n) is 10.1. The van der Waals surface area contributed by atoms with Gasteiger partial charge >= 0.3 is 0 Å². The summed E-state index contributed by atoms with van der Waals surface area (Å²) in [6, 6.07) is 13.9. The summed E-state index contributed by atoms with van der Waals surface area (Å²) in [7, 11) is -3.46. The van der Waals surface area contributed by atoms with Crippen LogP contribution in [0.25, 0.3) is 11.0 Å². The lowest BCUT2D eigenvalue weighted by Gasteiger charge is -2.21. The summed E-state index contributed by atoms with van der Waals surface area (Å²) in [6.45, 7) is 3.05. The van der Waals surface area contributed by atoms with Crippen LogP contribution in [0.2, 0.25) is 0 Å². The third-order valence-electron chi connectivity index (χ3n) is 6.22. The van der Waals surface area contributed by atoms with E-state index in [0.29, 0.717) is 18.0 Å². The van der Waals surface area contributed by atoms with Gasteiger partial charge in [0.1, 0.15) is 5.82 Å². The van der Waals surface area contributed by atoms with Crippen molar-refractivity contribution in [3.63, 3.8) is 0 Å². The summed E-state index contributed by atoms with van der Waals surface area (Å²) in [4.78, 5) is 5.09. The van der Waals surface area contributed by atoms with Gasteiger partial charge in [-0.1, -0.05) is 18.2 Å². The van der Waals surface area contributed by atoms with Crippen LogP contribution in [-0.4, -0.2) is 35.4 Å². The smallest absolute Gasteiger partial charge is 0.243 e. The Morgan fingerprint density at radius 2 is 1.82 bits per heavy atom. The number of aryl methyl sites for hydroxylation is 3. The molecule has 5 rings (SSSR count). The highest BCUT2D eigenvalue weighted by atomic mass is 32.2. The summed E-state index contributed by atoms with van der Waals surface area (Å²) >= 11 is 0. The molecule has 2 aromatic carbocycles. The van der Waals surface area contributed by atoms with E-state index >= 15 is 0 Å². The van der Waals surface area contributed by atoms with E-state index in [1.54, 1.807) is 10.4 Å². The summed E-state index contributed by atoms with van der Waals surface area (Å²) < 4.78 is 30.4. The first kappa shape index (κ1) is 17.9. The molecular formula is C22H25N3O2S. The fraction of sp³-hybridized carbons (Fsp3) is 0.409. The molecule has 0 N–H and O–H groups in total.